The van der Waals surface area contributed by atoms with Gasteiger partial charge in [-0.1, -0.05) is 32.1 Å². The summed E-state index contributed by atoms with van der Waals surface area (Å²) in [7, 11) is 0. The molecule has 0 aromatic rings. The zero-order chi connectivity index (χ0) is 11.8. The minimum absolute atomic E-state index is 0.161. The molecule has 3 atom stereocenters. The van der Waals surface area contributed by atoms with E-state index in [4.69, 9.17) is 0 Å². The molecule has 0 aliphatic heterocycles. The summed E-state index contributed by atoms with van der Waals surface area (Å²) in [5.74, 6) is 1.31. The van der Waals surface area contributed by atoms with Gasteiger partial charge < -0.3 is 5.11 Å². The first kappa shape index (κ1) is 11.9. The molecule has 0 heterocycles. The molecule has 1 heteroatoms. The maximum atomic E-state index is 9.22. The summed E-state index contributed by atoms with van der Waals surface area (Å²) in [6.07, 6.45) is 8.64. The minimum atomic E-state index is 0.161. The van der Waals surface area contributed by atoms with Crippen molar-refractivity contribution < 1.29 is 5.11 Å². The van der Waals surface area contributed by atoms with Crippen molar-refractivity contribution in [1.82, 2.24) is 0 Å². The highest BCUT2D eigenvalue weighted by Gasteiger charge is 2.41. The van der Waals surface area contributed by atoms with E-state index in [0.717, 1.165) is 11.5 Å². The molecule has 0 unspecified atom stereocenters. The first-order chi connectivity index (χ1) is 7.58. The van der Waals surface area contributed by atoms with Crippen molar-refractivity contribution in [2.45, 2.75) is 46.0 Å². The lowest BCUT2D eigenvalue weighted by Gasteiger charge is -2.47. The lowest BCUT2D eigenvalue weighted by Crippen LogP contribution is -2.36. The van der Waals surface area contributed by atoms with Gasteiger partial charge in [0.05, 0.1) is 6.61 Å². The molecular weight excluding hydrogens is 196 g/mol. The van der Waals surface area contributed by atoms with Gasteiger partial charge >= 0.3 is 0 Å². The van der Waals surface area contributed by atoms with Gasteiger partial charge in [0.15, 0.2) is 0 Å². The van der Waals surface area contributed by atoms with E-state index in [1.807, 2.05) is 0 Å². The van der Waals surface area contributed by atoms with Crippen LogP contribution in [0.15, 0.2) is 23.8 Å². The number of hydrogen-bond acceptors (Lipinski definition) is 1. The fourth-order valence-electron chi connectivity index (χ4n) is 3.52. The van der Waals surface area contributed by atoms with Crippen LogP contribution in [0.3, 0.4) is 0 Å². The summed E-state index contributed by atoms with van der Waals surface area (Å²) in [4.78, 5) is 0. The van der Waals surface area contributed by atoms with Crippen LogP contribution in [0.4, 0.5) is 0 Å². The Kier molecular flexibility index (Phi) is 3.25. The zero-order valence-corrected chi connectivity index (χ0v) is 10.6. The van der Waals surface area contributed by atoms with E-state index in [0.29, 0.717) is 11.3 Å². The first-order valence-electron chi connectivity index (χ1n) is 6.56. The molecule has 1 N–H and O–H groups in total. The monoisotopic (exact) mass is 220 g/mol. The molecule has 1 nitrogen and oxygen atoms in total. The molecule has 0 aromatic heterocycles. The Labute approximate surface area is 99.3 Å². The lowest BCUT2D eigenvalue weighted by atomic mass is 9.58. The number of aliphatic hydroxyl groups excluding tert-OH is 1. The fourth-order valence-corrected chi connectivity index (χ4v) is 3.52. The summed E-state index contributed by atoms with van der Waals surface area (Å²) in [6, 6.07) is 0. The van der Waals surface area contributed by atoms with Crippen molar-refractivity contribution in [3.05, 3.63) is 23.8 Å². The fraction of sp³-hybridized carbons (Fsp3) is 0.733. The van der Waals surface area contributed by atoms with Crippen LogP contribution in [0.5, 0.6) is 0 Å². The molecule has 0 spiro atoms. The molecule has 2 aliphatic rings. The van der Waals surface area contributed by atoms with Gasteiger partial charge in [0.25, 0.3) is 0 Å². The molecule has 0 bridgehead atoms. The SMILES string of the molecule is C=C(CO)[C@@H]1CCC2=CCC[C@@H](C)[C@]2(C)C1. The molecule has 2 aliphatic carbocycles. The number of allylic oxidation sites excluding steroid dienone is 2. The maximum Gasteiger partial charge on any atom is 0.0641 e. The number of fused-ring (bicyclic) bond motifs is 1. The van der Waals surface area contributed by atoms with E-state index < -0.39 is 0 Å². The Morgan fingerprint density at radius 1 is 1.56 bits per heavy atom. The van der Waals surface area contributed by atoms with E-state index >= 15 is 0 Å². The molecule has 90 valence electrons. The van der Waals surface area contributed by atoms with E-state index in [-0.39, 0.29) is 6.61 Å². The largest absolute Gasteiger partial charge is 0.392 e. The van der Waals surface area contributed by atoms with Crippen LogP contribution >= 0.6 is 0 Å². The van der Waals surface area contributed by atoms with Crippen molar-refractivity contribution in [3.8, 4) is 0 Å². The number of hydrogen-bond donors (Lipinski definition) is 1. The lowest BCUT2D eigenvalue weighted by molar-refractivity contribution is 0.145. The molecule has 1 saturated carbocycles. The highest BCUT2D eigenvalue weighted by molar-refractivity contribution is 5.23. The van der Waals surface area contributed by atoms with E-state index in [9.17, 15) is 5.11 Å². The summed E-state index contributed by atoms with van der Waals surface area (Å²) in [6.45, 7) is 8.98. The summed E-state index contributed by atoms with van der Waals surface area (Å²) >= 11 is 0. The predicted molar refractivity (Wildman–Crippen MR) is 68.2 cm³/mol. The van der Waals surface area contributed by atoms with Crippen LogP contribution in [-0.4, -0.2) is 11.7 Å². The summed E-state index contributed by atoms with van der Waals surface area (Å²) in [5.41, 5.74) is 3.09. The second kappa shape index (κ2) is 4.37. The third kappa shape index (κ3) is 1.86. The second-order valence-corrected chi connectivity index (χ2v) is 5.88. The van der Waals surface area contributed by atoms with Gasteiger partial charge in [-0.2, -0.15) is 0 Å². The van der Waals surface area contributed by atoms with Gasteiger partial charge in [-0.15, -0.1) is 0 Å². The van der Waals surface area contributed by atoms with Crippen molar-refractivity contribution in [3.63, 3.8) is 0 Å². The van der Waals surface area contributed by atoms with Gasteiger partial charge in [-0.25, -0.2) is 0 Å². The molecule has 2 rings (SSSR count). The van der Waals surface area contributed by atoms with Crippen LogP contribution < -0.4 is 0 Å². The van der Waals surface area contributed by atoms with Crippen LogP contribution in [0, 0.1) is 17.3 Å². The van der Waals surface area contributed by atoms with Gasteiger partial charge in [0.1, 0.15) is 0 Å². The highest BCUT2D eigenvalue weighted by atomic mass is 16.3. The summed E-state index contributed by atoms with van der Waals surface area (Å²) < 4.78 is 0. The van der Waals surface area contributed by atoms with Crippen molar-refractivity contribution in [1.29, 1.82) is 0 Å². The smallest absolute Gasteiger partial charge is 0.0641 e. The third-order valence-electron chi connectivity index (χ3n) is 5.02. The van der Waals surface area contributed by atoms with E-state index in [1.165, 1.54) is 32.1 Å². The normalized spacial score (nSPS) is 38.8. The topological polar surface area (TPSA) is 20.2 Å². The number of aliphatic hydroxyl groups is 1. The predicted octanol–water partition coefficient (Wildman–Crippen LogP) is 3.70. The molecule has 0 radical (unpaired) electrons. The minimum Gasteiger partial charge on any atom is -0.392 e. The third-order valence-corrected chi connectivity index (χ3v) is 5.02. The van der Waals surface area contributed by atoms with Crippen LogP contribution in [0.2, 0.25) is 0 Å². The average molecular weight is 220 g/mol. The van der Waals surface area contributed by atoms with Crippen LogP contribution in [0.1, 0.15) is 46.0 Å². The van der Waals surface area contributed by atoms with Crippen molar-refractivity contribution in [2.24, 2.45) is 17.3 Å². The van der Waals surface area contributed by atoms with Gasteiger partial charge in [-0.3, -0.25) is 0 Å². The van der Waals surface area contributed by atoms with Crippen LogP contribution in [-0.2, 0) is 0 Å². The molecule has 0 amide bonds. The van der Waals surface area contributed by atoms with Crippen molar-refractivity contribution >= 4 is 0 Å². The Bertz CT molecular complexity index is 315. The highest BCUT2D eigenvalue weighted by Crippen LogP contribution is 2.53. The summed E-state index contributed by atoms with van der Waals surface area (Å²) in [5, 5.41) is 9.22. The second-order valence-electron chi connectivity index (χ2n) is 5.88. The average Bonchev–Trinajstić information content (AvgIpc) is 2.29. The molecule has 16 heavy (non-hydrogen) atoms. The zero-order valence-electron chi connectivity index (χ0n) is 10.6. The quantitative estimate of drug-likeness (QED) is 0.704. The first-order valence-corrected chi connectivity index (χ1v) is 6.56. The van der Waals surface area contributed by atoms with Gasteiger partial charge in [-0.05, 0) is 54.9 Å². The standard InChI is InChI=1S/C15H24O/c1-11(10-16)13-7-8-14-6-4-5-12(2)15(14,3)9-13/h6,12-13,16H,1,4-5,7-10H2,2-3H3/t12-,13-,15+/m1/s1. The van der Waals surface area contributed by atoms with Crippen LogP contribution in [0.25, 0.3) is 0 Å². The Balaban J connectivity index is 2.19. The van der Waals surface area contributed by atoms with Crippen molar-refractivity contribution in [2.75, 3.05) is 6.61 Å². The van der Waals surface area contributed by atoms with E-state index in [2.05, 4.69) is 26.5 Å². The Morgan fingerprint density at radius 2 is 2.31 bits per heavy atom. The van der Waals surface area contributed by atoms with Gasteiger partial charge in [0, 0.05) is 0 Å². The number of rotatable bonds is 2. The molecule has 0 saturated heterocycles. The Morgan fingerprint density at radius 3 is 3.00 bits per heavy atom. The van der Waals surface area contributed by atoms with E-state index in [1.54, 1.807) is 5.57 Å². The molecular formula is C15H24O. The molecule has 0 aromatic carbocycles. The maximum absolute atomic E-state index is 9.22. The van der Waals surface area contributed by atoms with Gasteiger partial charge in [0.2, 0.25) is 0 Å². The Hall–Kier alpha value is -0.560. The molecule has 1 fully saturated rings.